The van der Waals surface area contributed by atoms with Crippen LogP contribution in [0.2, 0.25) is 0 Å². The molecule has 1 atom stereocenters. The minimum Gasteiger partial charge on any atom is -0.399 e. The molecule has 2 aromatic rings. The first-order valence-electron chi connectivity index (χ1n) is 6.99. The van der Waals surface area contributed by atoms with Crippen molar-refractivity contribution in [3.05, 3.63) is 65.2 Å². The maximum Gasteiger partial charge on any atom is 0.416 e. The summed E-state index contributed by atoms with van der Waals surface area (Å²) < 4.78 is 38.4. The van der Waals surface area contributed by atoms with Gasteiger partial charge in [0.1, 0.15) is 0 Å². The van der Waals surface area contributed by atoms with Crippen molar-refractivity contribution in [2.45, 2.75) is 25.7 Å². The number of anilines is 1. The van der Waals surface area contributed by atoms with E-state index in [1.165, 1.54) is 12.1 Å². The molecule has 0 fully saturated rings. The SMILES string of the molecule is CC(c1cccc(C(F)(F)F)c1)N(C)Cc1cccc(N)c1. The number of nitrogens with two attached hydrogens (primary N) is 1. The van der Waals surface area contributed by atoms with Crippen LogP contribution in [0.5, 0.6) is 0 Å². The van der Waals surface area contributed by atoms with Crippen LogP contribution < -0.4 is 5.73 Å². The molecule has 5 heteroatoms. The van der Waals surface area contributed by atoms with Gasteiger partial charge < -0.3 is 5.73 Å². The lowest BCUT2D eigenvalue weighted by Gasteiger charge is -2.26. The van der Waals surface area contributed by atoms with Gasteiger partial charge in [0.15, 0.2) is 0 Å². The Labute approximate surface area is 128 Å². The first-order chi connectivity index (χ1) is 10.3. The molecule has 0 aromatic heterocycles. The smallest absolute Gasteiger partial charge is 0.399 e. The molecular weight excluding hydrogens is 289 g/mol. The second kappa shape index (κ2) is 6.40. The minimum atomic E-state index is -4.32. The molecule has 0 aliphatic rings. The van der Waals surface area contributed by atoms with Crippen molar-refractivity contribution < 1.29 is 13.2 Å². The number of hydrogen-bond donors (Lipinski definition) is 1. The van der Waals surface area contributed by atoms with Crippen LogP contribution in [0.25, 0.3) is 0 Å². The van der Waals surface area contributed by atoms with Crippen LogP contribution in [0.3, 0.4) is 0 Å². The number of halogens is 3. The topological polar surface area (TPSA) is 29.3 Å². The molecule has 1 unspecified atom stereocenters. The van der Waals surface area contributed by atoms with E-state index in [1.54, 1.807) is 12.1 Å². The Morgan fingerprint density at radius 1 is 1.09 bits per heavy atom. The van der Waals surface area contributed by atoms with Gasteiger partial charge in [0.05, 0.1) is 5.56 Å². The summed E-state index contributed by atoms with van der Waals surface area (Å²) in [6.45, 7) is 2.50. The van der Waals surface area contributed by atoms with Crippen molar-refractivity contribution in [3.63, 3.8) is 0 Å². The molecule has 0 spiro atoms. The van der Waals surface area contributed by atoms with Crippen LogP contribution in [0.15, 0.2) is 48.5 Å². The van der Waals surface area contributed by atoms with E-state index in [9.17, 15) is 13.2 Å². The molecule has 2 rings (SSSR count). The summed E-state index contributed by atoms with van der Waals surface area (Å²) in [5, 5.41) is 0. The summed E-state index contributed by atoms with van der Waals surface area (Å²) in [5.74, 6) is 0. The van der Waals surface area contributed by atoms with E-state index in [2.05, 4.69) is 0 Å². The molecule has 0 radical (unpaired) electrons. The second-order valence-electron chi connectivity index (χ2n) is 5.46. The fourth-order valence-electron chi connectivity index (χ4n) is 2.35. The van der Waals surface area contributed by atoms with Crippen LogP contribution in [0.4, 0.5) is 18.9 Å². The highest BCUT2D eigenvalue weighted by Gasteiger charge is 2.30. The van der Waals surface area contributed by atoms with E-state index in [-0.39, 0.29) is 6.04 Å². The average Bonchev–Trinajstić information content (AvgIpc) is 2.45. The van der Waals surface area contributed by atoms with Gasteiger partial charge in [-0.05, 0) is 49.4 Å². The Kier molecular flexibility index (Phi) is 4.76. The largest absolute Gasteiger partial charge is 0.416 e. The Morgan fingerprint density at radius 2 is 1.77 bits per heavy atom. The van der Waals surface area contributed by atoms with Crippen LogP contribution in [0, 0.1) is 0 Å². The molecule has 22 heavy (non-hydrogen) atoms. The summed E-state index contributed by atoms with van der Waals surface area (Å²) in [7, 11) is 1.88. The van der Waals surface area contributed by atoms with Gasteiger partial charge >= 0.3 is 6.18 Å². The number of alkyl halides is 3. The molecule has 0 aliphatic carbocycles. The molecule has 0 amide bonds. The average molecular weight is 308 g/mol. The highest BCUT2D eigenvalue weighted by Crippen LogP contribution is 2.31. The van der Waals surface area contributed by atoms with E-state index in [0.29, 0.717) is 17.8 Å². The van der Waals surface area contributed by atoms with Crippen molar-refractivity contribution >= 4 is 5.69 Å². The van der Waals surface area contributed by atoms with E-state index in [0.717, 1.165) is 11.6 Å². The number of rotatable bonds is 4. The Morgan fingerprint density at radius 3 is 2.41 bits per heavy atom. The Hall–Kier alpha value is -2.01. The zero-order valence-electron chi connectivity index (χ0n) is 12.6. The summed E-state index contributed by atoms with van der Waals surface area (Å²) in [5.41, 5.74) is 7.48. The lowest BCUT2D eigenvalue weighted by molar-refractivity contribution is -0.137. The minimum absolute atomic E-state index is 0.135. The normalized spacial score (nSPS) is 13.4. The van der Waals surface area contributed by atoms with Gasteiger partial charge in [-0.1, -0.05) is 24.3 Å². The van der Waals surface area contributed by atoms with Crippen molar-refractivity contribution in [1.82, 2.24) is 4.90 Å². The highest BCUT2D eigenvalue weighted by molar-refractivity contribution is 5.40. The Bertz CT molecular complexity index is 638. The van der Waals surface area contributed by atoms with E-state index in [1.807, 2.05) is 37.1 Å². The third kappa shape index (κ3) is 4.01. The van der Waals surface area contributed by atoms with Crippen LogP contribution in [-0.2, 0) is 12.7 Å². The third-order valence-electron chi connectivity index (χ3n) is 3.74. The molecule has 2 N–H and O–H groups in total. The number of benzene rings is 2. The highest BCUT2D eigenvalue weighted by atomic mass is 19.4. The molecule has 2 aromatic carbocycles. The van der Waals surface area contributed by atoms with E-state index in [4.69, 9.17) is 5.73 Å². The monoisotopic (exact) mass is 308 g/mol. The standard InChI is InChI=1S/C17H19F3N2/c1-12(14-6-4-7-15(10-14)17(18,19)20)22(2)11-13-5-3-8-16(21)9-13/h3-10,12H,11,21H2,1-2H3. The van der Waals surface area contributed by atoms with Crippen LogP contribution in [0.1, 0.15) is 29.7 Å². The van der Waals surface area contributed by atoms with Crippen molar-refractivity contribution in [2.24, 2.45) is 0 Å². The number of nitrogen functional groups attached to an aromatic ring is 1. The quantitative estimate of drug-likeness (QED) is 0.844. The van der Waals surface area contributed by atoms with Crippen LogP contribution in [-0.4, -0.2) is 11.9 Å². The first-order valence-corrected chi connectivity index (χ1v) is 6.99. The second-order valence-corrected chi connectivity index (χ2v) is 5.46. The lowest BCUT2D eigenvalue weighted by Crippen LogP contribution is -2.22. The van der Waals surface area contributed by atoms with Crippen molar-refractivity contribution in [3.8, 4) is 0 Å². The molecule has 0 saturated carbocycles. The Balaban J connectivity index is 2.15. The van der Waals surface area contributed by atoms with E-state index >= 15 is 0 Å². The predicted molar refractivity (Wildman–Crippen MR) is 82.2 cm³/mol. The summed E-state index contributed by atoms with van der Waals surface area (Å²) in [6, 6.07) is 12.8. The van der Waals surface area contributed by atoms with Gasteiger partial charge in [-0.2, -0.15) is 13.2 Å². The summed E-state index contributed by atoms with van der Waals surface area (Å²) in [6.07, 6.45) is -4.32. The van der Waals surface area contributed by atoms with E-state index < -0.39 is 11.7 Å². The molecule has 118 valence electrons. The molecule has 0 bridgehead atoms. The lowest BCUT2D eigenvalue weighted by atomic mass is 10.0. The van der Waals surface area contributed by atoms with Gasteiger partial charge in [0.25, 0.3) is 0 Å². The number of nitrogens with zero attached hydrogens (tertiary/aromatic N) is 1. The van der Waals surface area contributed by atoms with Crippen molar-refractivity contribution in [1.29, 1.82) is 0 Å². The van der Waals surface area contributed by atoms with Gasteiger partial charge in [0.2, 0.25) is 0 Å². The summed E-state index contributed by atoms with van der Waals surface area (Å²) >= 11 is 0. The third-order valence-corrected chi connectivity index (χ3v) is 3.74. The van der Waals surface area contributed by atoms with Gasteiger partial charge in [-0.25, -0.2) is 0 Å². The zero-order chi connectivity index (χ0) is 16.3. The molecular formula is C17H19F3N2. The molecule has 0 aliphatic heterocycles. The first kappa shape index (κ1) is 16.4. The van der Waals surface area contributed by atoms with Gasteiger partial charge in [0, 0.05) is 18.3 Å². The zero-order valence-corrected chi connectivity index (χ0v) is 12.6. The molecule has 0 saturated heterocycles. The van der Waals surface area contributed by atoms with Gasteiger partial charge in [-0.15, -0.1) is 0 Å². The molecule has 2 nitrogen and oxygen atoms in total. The number of hydrogen-bond acceptors (Lipinski definition) is 2. The van der Waals surface area contributed by atoms with Crippen molar-refractivity contribution in [2.75, 3.05) is 12.8 Å². The van der Waals surface area contributed by atoms with Crippen LogP contribution >= 0.6 is 0 Å². The summed E-state index contributed by atoms with van der Waals surface area (Å²) in [4.78, 5) is 1.99. The van der Waals surface area contributed by atoms with Gasteiger partial charge in [-0.3, -0.25) is 4.90 Å². The maximum atomic E-state index is 12.8. The fraction of sp³-hybridized carbons (Fsp3) is 0.294. The fourth-order valence-corrected chi connectivity index (χ4v) is 2.35. The molecule has 0 heterocycles. The predicted octanol–water partition coefficient (Wildman–Crippen LogP) is 4.48. The maximum absolute atomic E-state index is 12.8.